The normalized spacial score (nSPS) is 11.6. The molecule has 0 aromatic heterocycles. The highest BCUT2D eigenvalue weighted by Gasteiger charge is 2.20. The van der Waals surface area contributed by atoms with Crippen molar-refractivity contribution in [1.29, 1.82) is 0 Å². The van der Waals surface area contributed by atoms with E-state index in [0.717, 1.165) is 73.1 Å². The van der Waals surface area contributed by atoms with Crippen LogP contribution in [0.25, 0.3) is 24.3 Å². The smallest absolute Gasteiger partial charge is 0.125 e. The molecule has 8 nitrogen and oxygen atoms in total. The van der Waals surface area contributed by atoms with E-state index < -0.39 is 0 Å². The van der Waals surface area contributed by atoms with Gasteiger partial charge in [-0.25, -0.2) is 0 Å². The molecule has 0 radical (unpaired) electrons. The summed E-state index contributed by atoms with van der Waals surface area (Å²) in [5, 5.41) is 0. The van der Waals surface area contributed by atoms with Crippen LogP contribution in [0.4, 0.5) is 0 Å². The van der Waals surface area contributed by atoms with Gasteiger partial charge in [0.05, 0.1) is 26.4 Å². The van der Waals surface area contributed by atoms with Crippen molar-refractivity contribution in [2.45, 2.75) is 74.7 Å². The third-order valence-electron chi connectivity index (χ3n) is 9.69. The molecule has 0 unspecified atom stereocenters. The number of hydrogen-bond donors (Lipinski definition) is 0. The number of hydrogen-bond acceptors (Lipinski definition) is 8. The molecule has 0 saturated carbocycles. The Balaban J connectivity index is 0.000000317. The van der Waals surface area contributed by atoms with Crippen molar-refractivity contribution in [1.82, 2.24) is 0 Å². The van der Waals surface area contributed by atoms with Gasteiger partial charge >= 0.3 is 0 Å². The van der Waals surface area contributed by atoms with E-state index in [1.54, 1.807) is 28.4 Å². The Bertz CT molecular complexity index is 1850. The highest BCUT2D eigenvalue weighted by Crippen LogP contribution is 2.35. The van der Waals surface area contributed by atoms with Crippen molar-refractivity contribution >= 4 is 24.3 Å². The lowest BCUT2D eigenvalue weighted by Gasteiger charge is -2.24. The summed E-state index contributed by atoms with van der Waals surface area (Å²) in [4.78, 5) is 0. The van der Waals surface area contributed by atoms with Crippen molar-refractivity contribution < 1.29 is 37.9 Å². The molecule has 8 heteroatoms. The van der Waals surface area contributed by atoms with Crippen LogP contribution in [0.15, 0.2) is 48.5 Å². The van der Waals surface area contributed by atoms with Crippen molar-refractivity contribution in [2.75, 3.05) is 81.3 Å². The molecular formula is C51H70O8. The second kappa shape index (κ2) is 24.5. The van der Waals surface area contributed by atoms with Crippen molar-refractivity contribution in [3.8, 4) is 23.0 Å². The summed E-state index contributed by atoms with van der Waals surface area (Å²) in [6.07, 6.45) is 8.62. The fraction of sp³-hybridized carbons (Fsp3) is 0.451. The molecule has 0 N–H and O–H groups in total. The first-order valence-electron chi connectivity index (χ1n) is 20.4. The maximum atomic E-state index is 6.02. The topological polar surface area (TPSA) is 73.8 Å². The molecule has 0 aliphatic rings. The zero-order valence-corrected chi connectivity index (χ0v) is 38.4. The average molecular weight is 811 g/mol. The van der Waals surface area contributed by atoms with Gasteiger partial charge in [-0.1, -0.05) is 45.1 Å². The van der Waals surface area contributed by atoms with Gasteiger partial charge in [-0.2, -0.15) is 0 Å². The first kappa shape index (κ1) is 48.8. The third-order valence-corrected chi connectivity index (χ3v) is 9.69. The van der Waals surface area contributed by atoms with Gasteiger partial charge in [0.25, 0.3) is 0 Å². The van der Waals surface area contributed by atoms with Crippen LogP contribution < -0.4 is 18.9 Å². The Morgan fingerprint density at radius 3 is 0.983 bits per heavy atom. The molecule has 0 atom stereocenters. The van der Waals surface area contributed by atoms with Crippen LogP contribution in [0, 0.1) is 48.5 Å². The van der Waals surface area contributed by atoms with Crippen LogP contribution >= 0.6 is 0 Å². The Kier molecular flexibility index (Phi) is 20.2. The van der Waals surface area contributed by atoms with Crippen molar-refractivity contribution in [3.05, 3.63) is 115 Å². The molecule has 4 rings (SSSR count). The molecule has 0 heterocycles. The predicted molar refractivity (Wildman–Crippen MR) is 245 cm³/mol. The maximum Gasteiger partial charge on any atom is 0.125 e. The fourth-order valence-electron chi connectivity index (χ4n) is 6.80. The molecule has 59 heavy (non-hydrogen) atoms. The van der Waals surface area contributed by atoms with Crippen LogP contribution in [0.1, 0.15) is 87.5 Å². The van der Waals surface area contributed by atoms with Crippen LogP contribution in [0.2, 0.25) is 0 Å². The summed E-state index contributed by atoms with van der Waals surface area (Å²) >= 11 is 0. The van der Waals surface area contributed by atoms with Crippen molar-refractivity contribution in [3.63, 3.8) is 0 Å². The SMILES string of the molecule is COCCOc1c(C)cc(/C=C/c2cc(C)c(OCCOC)c(C)c2)cc1C.COCCOc1cc(C)c(/C=C/c2cc(C)c(OCCOC)c(C)c2)cc1C(C)(C)C. The molecule has 322 valence electrons. The zero-order chi connectivity index (χ0) is 43.5. The summed E-state index contributed by atoms with van der Waals surface area (Å²) in [7, 11) is 6.73. The lowest BCUT2D eigenvalue weighted by molar-refractivity contribution is 0.145. The van der Waals surface area contributed by atoms with Gasteiger partial charge in [0, 0.05) is 34.0 Å². The number of rotatable bonds is 20. The molecule has 4 aromatic rings. The van der Waals surface area contributed by atoms with E-state index in [0.29, 0.717) is 52.9 Å². The van der Waals surface area contributed by atoms with Crippen molar-refractivity contribution in [2.24, 2.45) is 0 Å². The number of ether oxygens (including phenoxy) is 8. The Morgan fingerprint density at radius 2 is 0.678 bits per heavy atom. The number of aryl methyl sites for hydroxylation is 7. The monoisotopic (exact) mass is 811 g/mol. The molecule has 0 aliphatic heterocycles. The second-order valence-corrected chi connectivity index (χ2v) is 15.9. The minimum absolute atomic E-state index is 0.0208. The first-order chi connectivity index (χ1) is 28.1. The van der Waals surface area contributed by atoms with Gasteiger partial charge in [-0.3, -0.25) is 0 Å². The molecule has 0 amide bonds. The summed E-state index contributed by atoms with van der Waals surface area (Å²) in [5.74, 6) is 3.76. The quantitative estimate of drug-likeness (QED) is 0.0645. The van der Waals surface area contributed by atoms with Crippen LogP contribution in [-0.4, -0.2) is 81.3 Å². The number of methoxy groups -OCH3 is 4. The standard InChI is InChI=1S/C27H38O4.C24H32O4/c1-19-17-25(30-13-11-28-7)24(27(4,5)6)18-23(19)10-9-22-15-20(2)26(21(3)16-22)31-14-12-29-8;1-17-13-21(14-18(2)23(17)27-11-9-25-5)7-8-22-15-19(3)24(20(4)16-22)28-12-10-26-6/h9-10,15-18H,11-14H2,1-8H3;7-8,13-16H,9-12H2,1-6H3/b10-9+;8-7+. The third kappa shape index (κ3) is 15.5. The lowest BCUT2D eigenvalue weighted by atomic mass is 9.84. The second-order valence-electron chi connectivity index (χ2n) is 15.9. The minimum Gasteiger partial charge on any atom is -0.491 e. The van der Waals surface area contributed by atoms with Gasteiger partial charge < -0.3 is 37.9 Å². The number of benzene rings is 4. The summed E-state index contributed by atoms with van der Waals surface area (Å²) in [6.45, 7) is 25.8. The zero-order valence-electron chi connectivity index (χ0n) is 38.4. The largest absolute Gasteiger partial charge is 0.491 e. The van der Waals surface area contributed by atoms with Gasteiger partial charge in [0.15, 0.2) is 0 Å². The highest BCUT2D eigenvalue weighted by atomic mass is 16.5. The molecule has 0 spiro atoms. The van der Waals surface area contributed by atoms with Gasteiger partial charge in [-0.15, -0.1) is 0 Å². The predicted octanol–water partition coefficient (Wildman–Crippen LogP) is 11.3. The van der Waals surface area contributed by atoms with E-state index in [-0.39, 0.29) is 5.41 Å². The summed E-state index contributed by atoms with van der Waals surface area (Å²) in [6, 6.07) is 17.3. The molecule has 0 saturated heterocycles. The Hall–Kier alpha value is -4.60. The molecule has 0 bridgehead atoms. The summed E-state index contributed by atoms with van der Waals surface area (Å²) < 4.78 is 43.9. The first-order valence-corrected chi connectivity index (χ1v) is 20.4. The van der Waals surface area contributed by atoms with E-state index in [4.69, 9.17) is 37.9 Å². The summed E-state index contributed by atoms with van der Waals surface area (Å²) in [5.41, 5.74) is 13.8. The molecule has 4 aromatic carbocycles. The Morgan fingerprint density at radius 1 is 0.373 bits per heavy atom. The Labute approximate surface area is 355 Å². The highest BCUT2D eigenvalue weighted by molar-refractivity contribution is 5.74. The molecular weight excluding hydrogens is 741 g/mol. The van der Waals surface area contributed by atoms with Crippen LogP contribution in [0.3, 0.4) is 0 Å². The van der Waals surface area contributed by atoms with Gasteiger partial charge in [0.2, 0.25) is 0 Å². The van der Waals surface area contributed by atoms with Crippen LogP contribution in [0.5, 0.6) is 23.0 Å². The van der Waals surface area contributed by atoms with Crippen LogP contribution in [-0.2, 0) is 24.4 Å². The fourth-order valence-corrected chi connectivity index (χ4v) is 6.80. The lowest BCUT2D eigenvalue weighted by Crippen LogP contribution is -2.15. The maximum absolute atomic E-state index is 6.02. The van der Waals surface area contributed by atoms with E-state index >= 15 is 0 Å². The minimum atomic E-state index is -0.0208. The van der Waals surface area contributed by atoms with E-state index in [1.165, 1.54) is 16.7 Å². The average Bonchev–Trinajstić information content (AvgIpc) is 3.17. The molecule has 0 aliphatic carbocycles. The van der Waals surface area contributed by atoms with E-state index in [9.17, 15) is 0 Å². The van der Waals surface area contributed by atoms with Gasteiger partial charge in [0.1, 0.15) is 49.4 Å². The van der Waals surface area contributed by atoms with Gasteiger partial charge in [-0.05, 0) is 164 Å². The molecule has 0 fully saturated rings. The van der Waals surface area contributed by atoms with E-state index in [1.807, 2.05) is 0 Å². The van der Waals surface area contributed by atoms with E-state index in [2.05, 4.69) is 142 Å².